The van der Waals surface area contributed by atoms with Crippen LogP contribution >= 0.6 is 181 Å². The third-order valence-corrected chi connectivity index (χ3v) is 19.8. The zero-order chi connectivity index (χ0) is 17.7. The van der Waals surface area contributed by atoms with E-state index in [1.54, 1.807) is 12.1 Å². The molecule has 0 radical (unpaired) electrons. The zero-order valence-electron chi connectivity index (χ0n) is 10.4. The van der Waals surface area contributed by atoms with Gasteiger partial charge < -0.3 is 0 Å². The van der Waals surface area contributed by atoms with Crippen molar-refractivity contribution < 1.29 is 8.42 Å². The second-order valence-electron chi connectivity index (χ2n) is 4.10. The summed E-state index contributed by atoms with van der Waals surface area (Å²) in [6, 6.07) is 3.55. The molecule has 0 fully saturated rings. The van der Waals surface area contributed by atoms with Gasteiger partial charge in [0, 0.05) is 28.6 Å². The van der Waals surface area contributed by atoms with E-state index in [-0.39, 0.29) is 0 Å². The van der Waals surface area contributed by atoms with E-state index in [9.17, 15) is 8.42 Å². The monoisotopic (exact) mass is 1230 g/mol. The molecule has 0 aliphatic heterocycles. The summed E-state index contributed by atoms with van der Waals surface area (Å²) in [4.78, 5) is 0.774. The van der Waals surface area contributed by atoms with Gasteiger partial charge >= 0.3 is 0 Å². The van der Waals surface area contributed by atoms with Crippen LogP contribution in [0.4, 0.5) is 0 Å². The minimum Gasteiger partial charge on any atom is -0.218 e. The minimum absolute atomic E-state index is 0.387. The molecule has 0 amide bonds. The first-order valence-corrected chi connectivity index (χ1v) is 15.5. The van der Waals surface area contributed by atoms with Crippen molar-refractivity contribution >= 4 is 191 Å². The topological polar surface area (TPSA) is 34.1 Å². The van der Waals surface area contributed by atoms with Gasteiger partial charge in [0.1, 0.15) is 0 Å². The third kappa shape index (κ3) is 4.87. The quantitative estimate of drug-likeness (QED) is 0.179. The van der Waals surface area contributed by atoms with Gasteiger partial charge in [0.2, 0.25) is 9.84 Å². The summed E-state index contributed by atoms with van der Waals surface area (Å²) in [5.41, 5.74) is 0. The number of hydrogen-bond donors (Lipinski definition) is 0. The van der Waals surface area contributed by atoms with E-state index in [1.807, 2.05) is 0 Å². The molecular formula is C12H2I8O2S. The maximum absolute atomic E-state index is 13.3. The Labute approximate surface area is 243 Å². The van der Waals surface area contributed by atoms with Crippen molar-refractivity contribution in [1.29, 1.82) is 0 Å². The molecule has 0 heterocycles. The molecule has 0 bridgehead atoms. The molecule has 2 rings (SSSR count). The molecule has 0 aliphatic carbocycles. The largest absolute Gasteiger partial charge is 0.218 e. The lowest BCUT2D eigenvalue weighted by Crippen LogP contribution is -2.11. The smallest absolute Gasteiger partial charge is 0.208 e. The Morgan fingerprint density at radius 3 is 1.13 bits per heavy atom. The van der Waals surface area contributed by atoms with Crippen molar-refractivity contribution in [1.82, 2.24) is 0 Å². The summed E-state index contributed by atoms with van der Waals surface area (Å²) >= 11 is 17.6. The van der Waals surface area contributed by atoms with Crippen LogP contribution in [0.25, 0.3) is 0 Å². The van der Waals surface area contributed by atoms with Gasteiger partial charge in [-0.25, -0.2) is 8.42 Å². The van der Waals surface area contributed by atoms with Crippen LogP contribution in [0.3, 0.4) is 0 Å². The Kier molecular flexibility index (Phi) is 9.57. The van der Waals surface area contributed by atoms with Crippen LogP contribution in [-0.2, 0) is 9.84 Å². The molecule has 2 aromatic carbocycles. The van der Waals surface area contributed by atoms with Crippen molar-refractivity contribution in [2.24, 2.45) is 0 Å². The van der Waals surface area contributed by atoms with Crippen LogP contribution in [0.15, 0.2) is 21.9 Å². The Morgan fingerprint density at radius 1 is 0.522 bits per heavy atom. The zero-order valence-corrected chi connectivity index (χ0v) is 28.5. The molecule has 0 N–H and O–H groups in total. The summed E-state index contributed by atoms with van der Waals surface area (Å²) in [7, 11) is -3.56. The fourth-order valence-electron chi connectivity index (χ4n) is 1.61. The highest BCUT2D eigenvalue weighted by Gasteiger charge is 2.28. The van der Waals surface area contributed by atoms with E-state index in [2.05, 4.69) is 181 Å². The predicted octanol–water partition coefficient (Wildman–Crippen LogP) is 7.36. The van der Waals surface area contributed by atoms with Gasteiger partial charge in [-0.2, -0.15) is 0 Å². The first kappa shape index (κ1) is 23.5. The summed E-state index contributed by atoms with van der Waals surface area (Å²) in [5, 5.41) is 0. The second-order valence-corrected chi connectivity index (χ2v) is 14.8. The first-order chi connectivity index (χ1) is 10.5. The lowest BCUT2D eigenvalue weighted by Gasteiger charge is -2.14. The van der Waals surface area contributed by atoms with Crippen molar-refractivity contribution in [3.63, 3.8) is 0 Å². The van der Waals surface area contributed by atoms with Crippen LogP contribution in [0.1, 0.15) is 0 Å². The highest BCUT2D eigenvalue weighted by Crippen LogP contribution is 2.38. The molecule has 0 unspecified atom stereocenters. The Bertz CT molecular complexity index is 854. The second kappa shape index (κ2) is 9.36. The molecule has 0 aromatic heterocycles. The number of benzene rings is 2. The van der Waals surface area contributed by atoms with Crippen molar-refractivity contribution in [3.8, 4) is 0 Å². The van der Waals surface area contributed by atoms with Gasteiger partial charge in [0.05, 0.1) is 9.79 Å². The third-order valence-electron chi connectivity index (χ3n) is 2.72. The fourth-order valence-corrected chi connectivity index (χ4v) is 11.7. The minimum atomic E-state index is -3.56. The molecule has 0 atom stereocenters. The predicted molar refractivity (Wildman–Crippen MR) is 160 cm³/mol. The molecule has 2 aromatic rings. The van der Waals surface area contributed by atoms with Gasteiger partial charge in [-0.1, -0.05) is 0 Å². The van der Waals surface area contributed by atoms with Crippen molar-refractivity contribution in [2.75, 3.05) is 0 Å². The molecule has 0 spiro atoms. The molecule has 124 valence electrons. The highest BCUT2D eigenvalue weighted by atomic mass is 127. The average Bonchev–Trinajstić information content (AvgIpc) is 2.49. The summed E-state index contributed by atoms with van der Waals surface area (Å²) in [6.07, 6.45) is 0. The molecule has 0 saturated heterocycles. The molecular weight excluding hydrogens is 1220 g/mol. The molecule has 0 saturated carbocycles. The van der Waals surface area contributed by atoms with Crippen LogP contribution < -0.4 is 0 Å². The Balaban J connectivity index is 2.85. The van der Waals surface area contributed by atoms with Crippen LogP contribution in [0, 0.1) is 28.6 Å². The molecule has 0 aliphatic rings. The summed E-state index contributed by atoms with van der Waals surface area (Å²) in [6.45, 7) is 0. The van der Waals surface area contributed by atoms with E-state index in [0.717, 1.165) is 28.6 Å². The molecule has 2 nitrogen and oxygen atoms in total. The van der Waals surface area contributed by atoms with E-state index < -0.39 is 9.84 Å². The Morgan fingerprint density at radius 2 is 0.826 bits per heavy atom. The van der Waals surface area contributed by atoms with E-state index in [4.69, 9.17) is 0 Å². The maximum Gasteiger partial charge on any atom is 0.208 e. The lowest BCUT2D eigenvalue weighted by atomic mass is 10.4. The van der Waals surface area contributed by atoms with Gasteiger partial charge in [0.15, 0.2) is 0 Å². The average molecular weight is 1230 g/mol. The standard InChI is InChI=1S/C12H2I8O2S/c13-3-1-5(9(17)11(19)7(3)15)23(21,22)6-2-4(14)8(16)12(20)10(6)18/h1-2H. The van der Waals surface area contributed by atoms with Gasteiger partial charge in [-0.3, -0.25) is 0 Å². The fraction of sp³-hybridized carbons (Fsp3) is 0. The SMILES string of the molecule is O=S(=O)(c1cc(I)c(I)c(I)c1I)c1cc(I)c(I)c(I)c1I. The van der Waals surface area contributed by atoms with E-state index in [0.29, 0.717) is 9.79 Å². The number of halogens is 8. The van der Waals surface area contributed by atoms with Crippen molar-refractivity contribution in [2.45, 2.75) is 9.79 Å². The molecule has 11 heteroatoms. The maximum atomic E-state index is 13.3. The van der Waals surface area contributed by atoms with Gasteiger partial charge in [-0.15, -0.1) is 0 Å². The Hall–Kier alpha value is 4.23. The molecule has 23 heavy (non-hydrogen) atoms. The van der Waals surface area contributed by atoms with Crippen LogP contribution in [0.5, 0.6) is 0 Å². The van der Waals surface area contributed by atoms with Gasteiger partial charge in [0.25, 0.3) is 0 Å². The summed E-state index contributed by atoms with van der Waals surface area (Å²) < 4.78 is 34.2. The summed E-state index contributed by atoms with van der Waals surface area (Å²) in [5.74, 6) is 0. The van der Waals surface area contributed by atoms with E-state index >= 15 is 0 Å². The van der Waals surface area contributed by atoms with E-state index in [1.165, 1.54) is 0 Å². The lowest BCUT2D eigenvalue weighted by molar-refractivity contribution is 0.594. The van der Waals surface area contributed by atoms with Crippen molar-refractivity contribution in [3.05, 3.63) is 40.7 Å². The first-order valence-electron chi connectivity index (χ1n) is 5.41. The highest BCUT2D eigenvalue weighted by molar-refractivity contribution is 14.1. The normalized spacial score (nSPS) is 11.8. The van der Waals surface area contributed by atoms with Crippen LogP contribution in [-0.4, -0.2) is 8.42 Å². The van der Waals surface area contributed by atoms with Gasteiger partial charge in [-0.05, 0) is 193 Å². The number of sulfone groups is 1. The number of rotatable bonds is 2. The number of hydrogen-bond acceptors (Lipinski definition) is 2. The van der Waals surface area contributed by atoms with Crippen LogP contribution in [0.2, 0.25) is 0 Å².